The van der Waals surface area contributed by atoms with Crippen LogP contribution >= 0.6 is 0 Å². The molecular weight excluding hydrogens is 391 g/mol. The van der Waals surface area contributed by atoms with Crippen molar-refractivity contribution >= 4 is 27.3 Å². The molecule has 0 fully saturated rings. The summed E-state index contributed by atoms with van der Waals surface area (Å²) in [6, 6.07) is 7.60. The van der Waals surface area contributed by atoms with Crippen molar-refractivity contribution in [1.82, 2.24) is 0 Å². The van der Waals surface area contributed by atoms with E-state index < -0.39 is 10.0 Å². The van der Waals surface area contributed by atoms with Crippen molar-refractivity contribution in [3.05, 3.63) is 52.8 Å². The van der Waals surface area contributed by atoms with Crippen LogP contribution in [0, 0.1) is 5.82 Å². The normalized spacial score (nSPS) is 21.0. The third-order valence-corrected chi connectivity index (χ3v) is 8.22. The van der Waals surface area contributed by atoms with Crippen LogP contribution in [0.3, 0.4) is 0 Å². The average molecular weight is 415 g/mol. The maximum atomic E-state index is 13.7. The maximum absolute atomic E-state index is 13.7. The van der Waals surface area contributed by atoms with Crippen LogP contribution in [0.2, 0.25) is 0 Å². The molecule has 0 radical (unpaired) electrons. The van der Waals surface area contributed by atoms with Gasteiger partial charge < -0.3 is 4.90 Å². The Hall–Kier alpha value is -2.41. The number of rotatable bonds is 2. The number of amides is 1. The summed E-state index contributed by atoms with van der Waals surface area (Å²) in [4.78, 5) is 14.4. The number of fused-ring (bicyclic) bond motifs is 1. The van der Waals surface area contributed by atoms with Crippen molar-refractivity contribution in [2.45, 2.75) is 56.4 Å². The van der Waals surface area contributed by atoms with E-state index in [1.165, 1.54) is 16.4 Å². The predicted octanol–water partition coefficient (Wildman–Crippen LogP) is 3.58. The lowest BCUT2D eigenvalue weighted by molar-refractivity contribution is -0.119. The molecule has 1 amide bonds. The lowest BCUT2D eigenvalue weighted by atomic mass is 9.92. The molecule has 0 saturated carbocycles. The number of hydrogen-bond acceptors (Lipinski definition) is 3. The largest absolute Gasteiger partial charge is 0.312 e. The van der Waals surface area contributed by atoms with E-state index in [4.69, 9.17) is 0 Å². The van der Waals surface area contributed by atoms with Crippen molar-refractivity contribution < 1.29 is 17.6 Å². The molecule has 0 saturated heterocycles. The fourth-order valence-corrected chi connectivity index (χ4v) is 6.76. The molecule has 7 heteroatoms. The van der Waals surface area contributed by atoms with Crippen LogP contribution in [0.4, 0.5) is 15.8 Å². The highest BCUT2D eigenvalue weighted by atomic mass is 32.2. The smallest absolute Gasteiger partial charge is 0.264 e. The van der Waals surface area contributed by atoms with Gasteiger partial charge in [0, 0.05) is 19.0 Å². The molecule has 0 aliphatic carbocycles. The van der Waals surface area contributed by atoms with Crippen LogP contribution in [0.5, 0.6) is 0 Å². The van der Waals surface area contributed by atoms with Gasteiger partial charge in [-0.2, -0.15) is 0 Å². The van der Waals surface area contributed by atoms with E-state index in [1.807, 2.05) is 11.8 Å². The minimum atomic E-state index is -3.80. The zero-order valence-corrected chi connectivity index (χ0v) is 17.1. The topological polar surface area (TPSA) is 57.7 Å². The first kappa shape index (κ1) is 18.6. The summed E-state index contributed by atoms with van der Waals surface area (Å²) in [6.07, 6.45) is 3.90. The van der Waals surface area contributed by atoms with Crippen LogP contribution in [0.1, 0.15) is 42.9 Å². The van der Waals surface area contributed by atoms with Gasteiger partial charge in [-0.05, 0) is 86.1 Å². The molecule has 1 atom stereocenters. The summed E-state index contributed by atoms with van der Waals surface area (Å²) in [7, 11) is -3.80. The summed E-state index contributed by atoms with van der Waals surface area (Å²) in [6.45, 7) is 2.60. The molecule has 5 nitrogen and oxygen atoms in total. The van der Waals surface area contributed by atoms with Gasteiger partial charge in [-0.3, -0.25) is 9.10 Å². The zero-order chi connectivity index (χ0) is 20.3. The van der Waals surface area contributed by atoms with E-state index in [-0.39, 0.29) is 22.7 Å². The summed E-state index contributed by atoms with van der Waals surface area (Å²) in [5.74, 6) is -0.228. The van der Waals surface area contributed by atoms with Gasteiger partial charge in [0.25, 0.3) is 10.0 Å². The first-order valence-electron chi connectivity index (χ1n) is 10.2. The van der Waals surface area contributed by atoms with E-state index in [0.29, 0.717) is 37.9 Å². The van der Waals surface area contributed by atoms with Crippen molar-refractivity contribution in [3.8, 4) is 0 Å². The zero-order valence-electron chi connectivity index (χ0n) is 16.3. The molecule has 0 unspecified atom stereocenters. The number of benzene rings is 2. The second-order valence-corrected chi connectivity index (χ2v) is 10.0. The Balaban J connectivity index is 1.64. The molecule has 3 aliphatic heterocycles. The molecule has 0 spiro atoms. The fraction of sp³-hybridized carbons (Fsp3) is 0.409. The Labute approximate surface area is 170 Å². The van der Waals surface area contributed by atoms with Gasteiger partial charge >= 0.3 is 0 Å². The molecular formula is C22H23FN2O3S. The van der Waals surface area contributed by atoms with Gasteiger partial charge in [0.15, 0.2) is 0 Å². The van der Waals surface area contributed by atoms with E-state index in [0.717, 1.165) is 35.2 Å². The Bertz CT molecular complexity index is 1110. The maximum Gasteiger partial charge on any atom is 0.264 e. The molecule has 2 aromatic carbocycles. The minimum absolute atomic E-state index is 0.120. The van der Waals surface area contributed by atoms with Gasteiger partial charge in [0.1, 0.15) is 5.82 Å². The first-order chi connectivity index (χ1) is 13.9. The number of anilines is 2. The van der Waals surface area contributed by atoms with Gasteiger partial charge in [-0.1, -0.05) is 0 Å². The van der Waals surface area contributed by atoms with Crippen molar-refractivity contribution in [3.63, 3.8) is 0 Å². The Kier molecular flexibility index (Phi) is 4.21. The SMILES string of the molecule is C[C@@H]1CCc2cc(F)ccc2N1S(=O)(=O)c1cc2c3c(c1)CCC(=O)N3CCC2. The number of aryl methyl sites for hydroxylation is 3. The fourth-order valence-electron chi connectivity index (χ4n) is 4.94. The standard InChI is InChI=1S/C22H23FN2O3S/c1-14-4-5-15-11-18(23)7-8-20(15)25(14)29(27,28)19-12-16-3-2-10-24-21(26)9-6-17(13-19)22(16)24/h7-8,11-14H,2-6,9-10H2,1H3/t14-/m1/s1. The third-order valence-electron chi connectivity index (χ3n) is 6.32. The van der Waals surface area contributed by atoms with Crippen LogP contribution in [0.25, 0.3) is 0 Å². The second kappa shape index (κ2) is 6.55. The van der Waals surface area contributed by atoms with E-state index in [9.17, 15) is 17.6 Å². The molecule has 0 bridgehead atoms. The summed E-state index contributed by atoms with van der Waals surface area (Å²) >= 11 is 0. The minimum Gasteiger partial charge on any atom is -0.312 e. The quantitative estimate of drug-likeness (QED) is 0.755. The van der Waals surface area contributed by atoms with Crippen LogP contribution in [0.15, 0.2) is 35.2 Å². The monoisotopic (exact) mass is 414 g/mol. The van der Waals surface area contributed by atoms with E-state index in [2.05, 4.69) is 0 Å². The lowest BCUT2D eigenvalue weighted by Crippen LogP contribution is -2.43. The summed E-state index contributed by atoms with van der Waals surface area (Å²) in [5.41, 5.74) is 4.07. The van der Waals surface area contributed by atoms with Gasteiger partial charge in [0.2, 0.25) is 5.91 Å². The van der Waals surface area contributed by atoms with Gasteiger partial charge in [-0.15, -0.1) is 0 Å². The predicted molar refractivity (Wildman–Crippen MR) is 109 cm³/mol. The second-order valence-electron chi connectivity index (χ2n) is 8.20. The van der Waals surface area contributed by atoms with Crippen LogP contribution < -0.4 is 9.21 Å². The molecule has 0 N–H and O–H groups in total. The average Bonchev–Trinajstić information content (AvgIpc) is 2.70. The number of hydrogen-bond donors (Lipinski definition) is 0. The highest BCUT2D eigenvalue weighted by Crippen LogP contribution is 2.40. The molecule has 5 rings (SSSR count). The molecule has 152 valence electrons. The van der Waals surface area contributed by atoms with Crippen LogP contribution in [-0.2, 0) is 34.1 Å². The molecule has 29 heavy (non-hydrogen) atoms. The van der Waals surface area contributed by atoms with E-state index >= 15 is 0 Å². The Morgan fingerprint density at radius 1 is 1.00 bits per heavy atom. The summed E-state index contributed by atoms with van der Waals surface area (Å²) in [5, 5.41) is 0. The highest BCUT2D eigenvalue weighted by molar-refractivity contribution is 7.92. The van der Waals surface area contributed by atoms with Crippen molar-refractivity contribution in [2.24, 2.45) is 0 Å². The van der Waals surface area contributed by atoms with Gasteiger partial charge in [-0.25, -0.2) is 12.8 Å². The van der Waals surface area contributed by atoms with Crippen LogP contribution in [-0.4, -0.2) is 26.9 Å². The van der Waals surface area contributed by atoms with Crippen molar-refractivity contribution in [2.75, 3.05) is 15.7 Å². The number of sulfonamides is 1. The number of carbonyl (C=O) groups is 1. The number of carbonyl (C=O) groups excluding carboxylic acids is 1. The third kappa shape index (κ3) is 2.86. The lowest BCUT2D eigenvalue weighted by Gasteiger charge is -2.38. The van der Waals surface area contributed by atoms with Gasteiger partial charge in [0.05, 0.1) is 16.3 Å². The Morgan fingerprint density at radius 2 is 1.76 bits per heavy atom. The van der Waals surface area contributed by atoms with Crippen molar-refractivity contribution in [1.29, 1.82) is 0 Å². The number of halogens is 1. The van der Waals surface area contributed by atoms with E-state index in [1.54, 1.807) is 18.2 Å². The highest BCUT2D eigenvalue weighted by Gasteiger charge is 2.36. The molecule has 0 aromatic heterocycles. The first-order valence-corrected chi connectivity index (χ1v) is 11.6. The molecule has 3 aliphatic rings. The molecule has 2 aromatic rings. The molecule has 3 heterocycles. The summed E-state index contributed by atoms with van der Waals surface area (Å²) < 4.78 is 42.6. The number of nitrogens with zero attached hydrogens (tertiary/aromatic N) is 2. The Morgan fingerprint density at radius 3 is 2.55 bits per heavy atom.